The first-order valence-corrected chi connectivity index (χ1v) is 9.93. The highest BCUT2D eigenvalue weighted by Gasteiger charge is 2.36. The number of allylic oxidation sites excluding steroid dienone is 3. The Balaban J connectivity index is 1.65. The van der Waals surface area contributed by atoms with Crippen LogP contribution < -0.4 is 0 Å². The molecule has 2 atom stereocenters. The molecule has 138 valence electrons. The molecule has 2 heteroatoms. The van der Waals surface area contributed by atoms with Gasteiger partial charge in [0.1, 0.15) is 0 Å². The van der Waals surface area contributed by atoms with Crippen LogP contribution in [0.15, 0.2) is 72.3 Å². The van der Waals surface area contributed by atoms with Crippen LogP contribution in [0.1, 0.15) is 43.7 Å². The molecular weight excluding hydrogens is 332 g/mol. The fourth-order valence-corrected chi connectivity index (χ4v) is 4.67. The Morgan fingerprint density at radius 3 is 1.78 bits per heavy atom. The molecular formula is C25H26O2. The Hall–Kier alpha value is -2.61. The summed E-state index contributed by atoms with van der Waals surface area (Å²) in [6.07, 6.45) is 5.94. The van der Waals surface area contributed by atoms with Crippen molar-refractivity contribution >= 4 is 17.1 Å². The molecule has 2 aromatic carbocycles. The summed E-state index contributed by atoms with van der Waals surface area (Å²) in [6.45, 7) is 2.29. The first-order valence-electron chi connectivity index (χ1n) is 9.93. The number of hydrogen-bond donors (Lipinski definition) is 0. The zero-order valence-electron chi connectivity index (χ0n) is 15.9. The monoisotopic (exact) mass is 358 g/mol. The van der Waals surface area contributed by atoms with Gasteiger partial charge in [-0.3, -0.25) is 0 Å². The van der Waals surface area contributed by atoms with E-state index in [4.69, 9.17) is 4.74 Å². The van der Waals surface area contributed by atoms with Crippen molar-refractivity contribution in [2.45, 2.75) is 32.6 Å². The molecule has 2 aliphatic rings. The van der Waals surface area contributed by atoms with Crippen LogP contribution in [-0.2, 0) is 9.53 Å². The minimum Gasteiger partial charge on any atom is -0.463 e. The van der Waals surface area contributed by atoms with Gasteiger partial charge in [0.15, 0.2) is 0 Å². The van der Waals surface area contributed by atoms with Crippen LogP contribution in [0.25, 0.3) is 11.1 Å². The number of esters is 1. The van der Waals surface area contributed by atoms with Gasteiger partial charge in [0.25, 0.3) is 0 Å². The number of carbonyl (C=O) groups excluding carboxylic acids is 1. The number of carbonyl (C=O) groups is 1. The number of benzene rings is 2. The predicted octanol–water partition coefficient (Wildman–Crippen LogP) is 5.91. The number of fused-ring (bicyclic) bond motifs is 1. The van der Waals surface area contributed by atoms with Crippen LogP contribution in [0, 0.1) is 11.8 Å². The predicted molar refractivity (Wildman–Crippen MR) is 110 cm³/mol. The van der Waals surface area contributed by atoms with E-state index in [9.17, 15) is 4.79 Å². The Bertz CT molecular complexity index is 800. The minimum absolute atomic E-state index is 0.189. The molecule has 0 unspecified atom stereocenters. The smallest absolute Gasteiger partial charge is 0.330 e. The fourth-order valence-electron chi connectivity index (χ4n) is 4.67. The Morgan fingerprint density at radius 2 is 1.33 bits per heavy atom. The van der Waals surface area contributed by atoms with Crippen molar-refractivity contribution in [3.05, 3.63) is 83.4 Å². The van der Waals surface area contributed by atoms with Gasteiger partial charge in [-0.2, -0.15) is 0 Å². The maximum atomic E-state index is 11.9. The first kappa shape index (κ1) is 17.8. The van der Waals surface area contributed by atoms with Crippen molar-refractivity contribution < 1.29 is 9.53 Å². The highest BCUT2D eigenvalue weighted by atomic mass is 16.5. The summed E-state index contributed by atoms with van der Waals surface area (Å²) < 4.78 is 5.11. The number of hydrogen-bond acceptors (Lipinski definition) is 2. The molecule has 0 aromatic heterocycles. The van der Waals surface area contributed by atoms with Gasteiger partial charge in [-0.05, 0) is 66.7 Å². The van der Waals surface area contributed by atoms with E-state index in [2.05, 4.69) is 60.7 Å². The molecule has 0 N–H and O–H groups in total. The number of ether oxygens (including phenoxy) is 1. The molecule has 0 radical (unpaired) electrons. The van der Waals surface area contributed by atoms with E-state index in [1.165, 1.54) is 27.8 Å². The highest BCUT2D eigenvalue weighted by Crippen LogP contribution is 2.51. The van der Waals surface area contributed by atoms with Gasteiger partial charge in [-0.25, -0.2) is 4.79 Å². The molecule has 0 aliphatic heterocycles. The molecule has 2 aromatic rings. The Morgan fingerprint density at radius 1 is 0.852 bits per heavy atom. The third-order valence-electron chi connectivity index (χ3n) is 5.87. The maximum Gasteiger partial charge on any atom is 0.330 e. The zero-order valence-corrected chi connectivity index (χ0v) is 15.9. The molecule has 2 nitrogen and oxygen atoms in total. The second kappa shape index (κ2) is 7.96. The first-order chi connectivity index (χ1) is 13.2. The van der Waals surface area contributed by atoms with Crippen LogP contribution in [-0.4, -0.2) is 12.6 Å². The lowest BCUT2D eigenvalue weighted by molar-refractivity contribution is -0.137. The summed E-state index contributed by atoms with van der Waals surface area (Å²) in [4.78, 5) is 11.9. The molecule has 4 rings (SSSR count). The van der Waals surface area contributed by atoms with Gasteiger partial charge in [0.05, 0.1) is 6.61 Å². The van der Waals surface area contributed by atoms with Crippen molar-refractivity contribution in [1.29, 1.82) is 0 Å². The van der Waals surface area contributed by atoms with Crippen molar-refractivity contribution in [1.82, 2.24) is 0 Å². The molecule has 27 heavy (non-hydrogen) atoms. The quantitative estimate of drug-likeness (QED) is 0.502. The van der Waals surface area contributed by atoms with E-state index in [1.807, 2.05) is 6.92 Å². The van der Waals surface area contributed by atoms with Crippen molar-refractivity contribution in [3.63, 3.8) is 0 Å². The largest absolute Gasteiger partial charge is 0.463 e. The van der Waals surface area contributed by atoms with Crippen LogP contribution in [0.5, 0.6) is 0 Å². The molecule has 1 saturated carbocycles. The van der Waals surface area contributed by atoms with Gasteiger partial charge < -0.3 is 4.74 Å². The van der Waals surface area contributed by atoms with E-state index < -0.39 is 0 Å². The van der Waals surface area contributed by atoms with Crippen LogP contribution in [0.4, 0.5) is 0 Å². The van der Waals surface area contributed by atoms with Crippen LogP contribution in [0.3, 0.4) is 0 Å². The molecule has 0 spiro atoms. The maximum absolute atomic E-state index is 11.9. The van der Waals surface area contributed by atoms with E-state index in [-0.39, 0.29) is 5.97 Å². The molecule has 2 aliphatic carbocycles. The summed E-state index contributed by atoms with van der Waals surface area (Å²) in [5, 5.41) is 0. The van der Waals surface area contributed by atoms with Crippen molar-refractivity contribution in [2.24, 2.45) is 11.8 Å². The summed E-state index contributed by atoms with van der Waals surface area (Å²) in [6, 6.07) is 21.5. The van der Waals surface area contributed by atoms with Gasteiger partial charge >= 0.3 is 5.97 Å². The van der Waals surface area contributed by atoms with Gasteiger partial charge in [-0.15, -0.1) is 0 Å². The molecule has 0 amide bonds. The Kier molecular flexibility index (Phi) is 5.24. The fraction of sp³-hybridized carbons (Fsp3) is 0.320. The molecule has 0 saturated heterocycles. The highest BCUT2D eigenvalue weighted by molar-refractivity contribution is 5.92. The topological polar surface area (TPSA) is 26.3 Å². The average Bonchev–Trinajstić information content (AvgIpc) is 3.09. The van der Waals surface area contributed by atoms with E-state index in [0.717, 1.165) is 25.7 Å². The van der Waals surface area contributed by atoms with Crippen LogP contribution >= 0.6 is 0 Å². The lowest BCUT2D eigenvalue weighted by Gasteiger charge is -2.30. The van der Waals surface area contributed by atoms with Crippen LogP contribution in [0.2, 0.25) is 0 Å². The third kappa shape index (κ3) is 3.90. The minimum atomic E-state index is -0.189. The lowest BCUT2D eigenvalue weighted by Crippen LogP contribution is -2.16. The zero-order chi connectivity index (χ0) is 18.6. The summed E-state index contributed by atoms with van der Waals surface area (Å²) >= 11 is 0. The van der Waals surface area contributed by atoms with Gasteiger partial charge in [0.2, 0.25) is 0 Å². The van der Waals surface area contributed by atoms with Gasteiger partial charge in [-0.1, -0.05) is 66.2 Å². The van der Waals surface area contributed by atoms with Gasteiger partial charge in [0, 0.05) is 6.08 Å². The SMILES string of the molecule is CCOC(=O)C=C1C[C@@H]2CC(c3ccccc3)=C(c3ccccc3)C[C@@H]2C1. The van der Waals surface area contributed by atoms with E-state index in [1.54, 1.807) is 6.08 Å². The average molecular weight is 358 g/mol. The summed E-state index contributed by atoms with van der Waals surface area (Å²) in [5.41, 5.74) is 6.86. The Labute approximate surface area is 161 Å². The third-order valence-corrected chi connectivity index (χ3v) is 5.87. The molecule has 0 heterocycles. The normalized spacial score (nSPS) is 23.4. The molecule has 0 bridgehead atoms. The van der Waals surface area contributed by atoms with E-state index in [0.29, 0.717) is 18.4 Å². The van der Waals surface area contributed by atoms with Crippen molar-refractivity contribution in [2.75, 3.05) is 6.61 Å². The molecule has 1 fully saturated rings. The van der Waals surface area contributed by atoms with E-state index >= 15 is 0 Å². The lowest BCUT2D eigenvalue weighted by atomic mass is 9.74. The number of rotatable bonds is 4. The second-order valence-corrected chi connectivity index (χ2v) is 7.58. The van der Waals surface area contributed by atoms with Crippen molar-refractivity contribution in [3.8, 4) is 0 Å². The second-order valence-electron chi connectivity index (χ2n) is 7.58. The standard InChI is InChI=1S/C25H26O2/c1-2-27-25(26)15-18-13-21-16-23(19-9-5-3-6-10-19)24(17-22(21)14-18)20-11-7-4-8-12-20/h3-12,15,21-22H,2,13-14,16-17H2,1H3/t21-,22+. The summed E-state index contributed by atoms with van der Waals surface area (Å²) in [7, 11) is 0. The summed E-state index contributed by atoms with van der Waals surface area (Å²) in [5.74, 6) is 1.05.